The zero-order valence-electron chi connectivity index (χ0n) is 7.43. The van der Waals surface area contributed by atoms with Crippen LogP contribution in [0.1, 0.15) is 34.1 Å². The lowest BCUT2D eigenvalue weighted by atomic mass is 9.86. The molecule has 0 saturated carbocycles. The lowest BCUT2D eigenvalue weighted by Gasteiger charge is -2.31. The van der Waals surface area contributed by atoms with Crippen LogP contribution in [0.2, 0.25) is 0 Å². The van der Waals surface area contributed by atoms with Crippen molar-refractivity contribution >= 4 is 6.16 Å². The van der Waals surface area contributed by atoms with Gasteiger partial charge in [-0.25, -0.2) is 4.79 Å². The largest absolute Gasteiger partial charge is 0.509 e. The SMILES string of the molecule is CCC1(C)OC(=O)OC1(C)C. The standard InChI is InChI=1S/C8H14O3/c1-5-8(4)7(2,3)10-6(9)11-8/h5H2,1-4H3. The first kappa shape index (κ1) is 8.37. The van der Waals surface area contributed by atoms with Gasteiger partial charge in [0.2, 0.25) is 0 Å². The molecule has 1 saturated heterocycles. The van der Waals surface area contributed by atoms with Crippen molar-refractivity contribution < 1.29 is 14.3 Å². The Hall–Kier alpha value is -0.730. The fourth-order valence-corrected chi connectivity index (χ4v) is 1.14. The van der Waals surface area contributed by atoms with Gasteiger partial charge in [0.15, 0.2) is 5.60 Å². The zero-order valence-corrected chi connectivity index (χ0v) is 7.43. The van der Waals surface area contributed by atoms with E-state index < -0.39 is 17.4 Å². The van der Waals surface area contributed by atoms with Crippen molar-refractivity contribution in [2.24, 2.45) is 0 Å². The number of cyclic esters (lactones) is 2. The van der Waals surface area contributed by atoms with Crippen molar-refractivity contribution in [1.82, 2.24) is 0 Å². The fraction of sp³-hybridized carbons (Fsp3) is 0.875. The molecule has 64 valence electrons. The Kier molecular flexibility index (Phi) is 1.62. The van der Waals surface area contributed by atoms with Gasteiger partial charge in [-0.3, -0.25) is 0 Å². The Bertz CT molecular complexity index is 186. The van der Waals surface area contributed by atoms with Gasteiger partial charge in [0, 0.05) is 0 Å². The van der Waals surface area contributed by atoms with Crippen LogP contribution in [0.5, 0.6) is 0 Å². The van der Waals surface area contributed by atoms with Crippen molar-refractivity contribution in [2.45, 2.75) is 45.3 Å². The minimum atomic E-state index is -0.556. The summed E-state index contributed by atoms with van der Waals surface area (Å²) in [5, 5.41) is 0. The Balaban J connectivity index is 2.89. The van der Waals surface area contributed by atoms with E-state index in [9.17, 15) is 4.79 Å². The van der Waals surface area contributed by atoms with Crippen LogP contribution in [-0.2, 0) is 9.47 Å². The molecule has 1 aliphatic rings. The minimum absolute atomic E-state index is 0.468. The first-order valence-electron chi connectivity index (χ1n) is 3.83. The van der Waals surface area contributed by atoms with Gasteiger partial charge in [0.05, 0.1) is 0 Å². The molecule has 0 aromatic rings. The van der Waals surface area contributed by atoms with E-state index in [1.54, 1.807) is 0 Å². The van der Waals surface area contributed by atoms with Gasteiger partial charge in [-0.15, -0.1) is 0 Å². The van der Waals surface area contributed by atoms with Crippen molar-refractivity contribution in [3.63, 3.8) is 0 Å². The minimum Gasteiger partial charge on any atom is -0.424 e. The quantitative estimate of drug-likeness (QED) is 0.548. The first-order valence-corrected chi connectivity index (χ1v) is 3.83. The van der Waals surface area contributed by atoms with E-state index in [4.69, 9.17) is 9.47 Å². The Morgan fingerprint density at radius 2 is 1.82 bits per heavy atom. The van der Waals surface area contributed by atoms with Gasteiger partial charge in [-0.1, -0.05) is 6.92 Å². The van der Waals surface area contributed by atoms with Crippen LogP contribution >= 0.6 is 0 Å². The summed E-state index contributed by atoms with van der Waals surface area (Å²) in [6, 6.07) is 0. The Labute approximate surface area is 66.7 Å². The maximum atomic E-state index is 10.8. The first-order chi connectivity index (χ1) is 4.91. The van der Waals surface area contributed by atoms with Crippen molar-refractivity contribution in [3.8, 4) is 0 Å². The van der Waals surface area contributed by atoms with Crippen LogP contribution in [0.15, 0.2) is 0 Å². The average molecular weight is 158 g/mol. The summed E-state index contributed by atoms with van der Waals surface area (Å²) in [6.45, 7) is 7.59. The number of rotatable bonds is 1. The maximum absolute atomic E-state index is 10.8. The normalized spacial score (nSPS) is 34.7. The predicted molar refractivity (Wildman–Crippen MR) is 40.3 cm³/mol. The fourth-order valence-electron chi connectivity index (χ4n) is 1.14. The second kappa shape index (κ2) is 2.13. The molecule has 0 spiro atoms. The van der Waals surface area contributed by atoms with Crippen LogP contribution in [0, 0.1) is 0 Å². The number of hydrogen-bond donors (Lipinski definition) is 0. The molecule has 3 heteroatoms. The van der Waals surface area contributed by atoms with E-state index in [1.807, 2.05) is 27.7 Å². The van der Waals surface area contributed by atoms with Crippen molar-refractivity contribution in [3.05, 3.63) is 0 Å². The molecule has 0 aliphatic carbocycles. The molecule has 1 rings (SSSR count). The topological polar surface area (TPSA) is 35.5 Å². The van der Waals surface area contributed by atoms with E-state index in [-0.39, 0.29) is 0 Å². The third kappa shape index (κ3) is 1.08. The predicted octanol–water partition coefficient (Wildman–Crippen LogP) is 2.10. The number of hydrogen-bond acceptors (Lipinski definition) is 3. The number of carbonyl (C=O) groups excluding carboxylic acids is 1. The number of carbonyl (C=O) groups is 1. The monoisotopic (exact) mass is 158 g/mol. The molecule has 0 aromatic heterocycles. The molecular weight excluding hydrogens is 144 g/mol. The van der Waals surface area contributed by atoms with E-state index in [0.717, 1.165) is 6.42 Å². The summed E-state index contributed by atoms with van der Waals surface area (Å²) in [5.74, 6) is 0. The molecule has 0 aromatic carbocycles. The Morgan fingerprint density at radius 1 is 1.27 bits per heavy atom. The highest BCUT2D eigenvalue weighted by Crippen LogP contribution is 2.38. The molecular formula is C8H14O3. The summed E-state index contributed by atoms with van der Waals surface area (Å²) in [6.07, 6.45) is 0.213. The van der Waals surface area contributed by atoms with E-state index >= 15 is 0 Å². The van der Waals surface area contributed by atoms with Crippen LogP contribution in [0.25, 0.3) is 0 Å². The lowest BCUT2D eigenvalue weighted by Crippen LogP contribution is -2.44. The summed E-state index contributed by atoms with van der Waals surface area (Å²) in [7, 11) is 0. The smallest absolute Gasteiger partial charge is 0.424 e. The highest BCUT2D eigenvalue weighted by Gasteiger charge is 2.52. The van der Waals surface area contributed by atoms with Crippen LogP contribution in [0.3, 0.4) is 0 Å². The highest BCUT2D eigenvalue weighted by atomic mass is 16.8. The third-order valence-electron chi connectivity index (χ3n) is 2.60. The van der Waals surface area contributed by atoms with Crippen LogP contribution in [-0.4, -0.2) is 17.4 Å². The van der Waals surface area contributed by atoms with Gasteiger partial charge >= 0.3 is 6.16 Å². The number of ether oxygens (including phenoxy) is 2. The molecule has 1 aliphatic heterocycles. The molecule has 1 unspecified atom stereocenters. The molecule has 0 N–H and O–H groups in total. The molecule has 11 heavy (non-hydrogen) atoms. The molecule has 0 bridgehead atoms. The lowest BCUT2D eigenvalue weighted by molar-refractivity contribution is -0.0120. The zero-order chi connectivity index (χ0) is 8.70. The van der Waals surface area contributed by atoms with Gasteiger partial charge in [0.1, 0.15) is 5.60 Å². The van der Waals surface area contributed by atoms with E-state index in [0.29, 0.717) is 0 Å². The summed E-state index contributed by atoms with van der Waals surface area (Å²) in [5.41, 5.74) is -0.969. The molecule has 1 fully saturated rings. The summed E-state index contributed by atoms with van der Waals surface area (Å²) < 4.78 is 10.0. The second-order valence-corrected chi connectivity index (χ2v) is 3.55. The van der Waals surface area contributed by atoms with Gasteiger partial charge in [-0.2, -0.15) is 0 Å². The summed E-state index contributed by atoms with van der Waals surface area (Å²) in [4.78, 5) is 10.8. The third-order valence-corrected chi connectivity index (χ3v) is 2.60. The van der Waals surface area contributed by atoms with Gasteiger partial charge in [-0.05, 0) is 27.2 Å². The Morgan fingerprint density at radius 3 is 2.00 bits per heavy atom. The van der Waals surface area contributed by atoms with E-state index in [2.05, 4.69) is 0 Å². The van der Waals surface area contributed by atoms with Gasteiger partial charge in [0.25, 0.3) is 0 Å². The average Bonchev–Trinajstić information content (AvgIpc) is 2.03. The van der Waals surface area contributed by atoms with Crippen LogP contribution in [0.4, 0.5) is 4.79 Å². The van der Waals surface area contributed by atoms with Crippen molar-refractivity contribution in [1.29, 1.82) is 0 Å². The van der Waals surface area contributed by atoms with E-state index in [1.165, 1.54) is 0 Å². The molecule has 1 atom stereocenters. The molecule has 3 nitrogen and oxygen atoms in total. The van der Waals surface area contributed by atoms with Gasteiger partial charge < -0.3 is 9.47 Å². The molecule has 1 heterocycles. The highest BCUT2D eigenvalue weighted by molar-refractivity contribution is 5.64. The second-order valence-electron chi connectivity index (χ2n) is 3.55. The summed E-state index contributed by atoms with van der Waals surface area (Å²) >= 11 is 0. The van der Waals surface area contributed by atoms with Crippen LogP contribution < -0.4 is 0 Å². The molecule has 0 radical (unpaired) electrons. The van der Waals surface area contributed by atoms with Crippen molar-refractivity contribution in [2.75, 3.05) is 0 Å². The maximum Gasteiger partial charge on any atom is 0.509 e. The molecule has 0 amide bonds.